The molecule has 12 heteroatoms. The number of carbonyl (C=O) groups excluding carboxylic acids is 2. The van der Waals surface area contributed by atoms with Crippen molar-refractivity contribution in [3.05, 3.63) is 47.4 Å². The third kappa shape index (κ3) is 4.91. The van der Waals surface area contributed by atoms with Crippen LogP contribution in [-0.2, 0) is 20.0 Å². The first kappa shape index (κ1) is 25.9. The van der Waals surface area contributed by atoms with Crippen LogP contribution in [0.4, 0.5) is 24.5 Å². The standard InChI is InChI=1S/C24H26F3N3O5S/c1-23(2)15-9-14(21(31)29-24(7-4-8-24)13-36(3,33)34)5-6-17(15)30(22(23)32)18-10-20(28-11-16(18)25)35-12-19(26)27/h5-6,9-11,19H,4,7-8,12-13H2,1-3H3,(H,29,31). The lowest BCUT2D eigenvalue weighted by Gasteiger charge is -2.42. The molecule has 2 aromatic rings. The fourth-order valence-corrected chi connectivity index (χ4v) is 6.01. The molecule has 0 unspecified atom stereocenters. The smallest absolute Gasteiger partial charge is 0.272 e. The van der Waals surface area contributed by atoms with Crippen LogP contribution in [0.15, 0.2) is 30.5 Å². The Balaban J connectivity index is 1.67. The van der Waals surface area contributed by atoms with Gasteiger partial charge < -0.3 is 10.1 Å². The first-order valence-corrected chi connectivity index (χ1v) is 13.3. The quantitative estimate of drug-likeness (QED) is 0.566. The van der Waals surface area contributed by atoms with E-state index in [1.54, 1.807) is 13.8 Å². The summed E-state index contributed by atoms with van der Waals surface area (Å²) in [6, 6.07) is 5.58. The molecule has 4 rings (SSSR count). The molecule has 0 radical (unpaired) electrons. The summed E-state index contributed by atoms with van der Waals surface area (Å²) in [4.78, 5) is 31.2. The average Bonchev–Trinajstić information content (AvgIpc) is 2.96. The first-order chi connectivity index (χ1) is 16.7. The minimum atomic E-state index is -3.32. The lowest BCUT2D eigenvalue weighted by molar-refractivity contribution is -0.121. The molecule has 194 valence electrons. The van der Waals surface area contributed by atoms with Gasteiger partial charge in [-0.3, -0.25) is 14.5 Å². The number of rotatable bonds is 8. The van der Waals surface area contributed by atoms with Gasteiger partial charge in [0.25, 0.3) is 12.3 Å². The molecular weight excluding hydrogens is 499 g/mol. The van der Waals surface area contributed by atoms with E-state index < -0.39 is 51.5 Å². The van der Waals surface area contributed by atoms with Crippen LogP contribution in [-0.4, -0.2) is 55.8 Å². The molecule has 2 heterocycles. The van der Waals surface area contributed by atoms with Crippen molar-refractivity contribution >= 4 is 33.0 Å². The maximum absolute atomic E-state index is 14.7. The number of fused-ring (bicyclic) bond motifs is 1. The highest BCUT2D eigenvalue weighted by Crippen LogP contribution is 2.46. The van der Waals surface area contributed by atoms with E-state index in [1.807, 2.05) is 0 Å². The number of sulfone groups is 1. The second kappa shape index (κ2) is 9.06. The van der Waals surface area contributed by atoms with Gasteiger partial charge in [0.15, 0.2) is 12.4 Å². The maximum atomic E-state index is 14.7. The second-order valence-electron chi connectivity index (χ2n) is 9.83. The van der Waals surface area contributed by atoms with Gasteiger partial charge in [-0.15, -0.1) is 0 Å². The molecule has 1 aliphatic heterocycles. The van der Waals surface area contributed by atoms with Gasteiger partial charge >= 0.3 is 0 Å². The lowest BCUT2D eigenvalue weighted by atomic mass is 9.78. The zero-order valence-electron chi connectivity index (χ0n) is 20.0. The molecule has 0 bridgehead atoms. The number of hydrogen-bond acceptors (Lipinski definition) is 6. The molecule has 1 aromatic heterocycles. The number of anilines is 2. The van der Waals surface area contributed by atoms with Crippen LogP contribution in [0.25, 0.3) is 0 Å². The summed E-state index contributed by atoms with van der Waals surface area (Å²) in [5, 5.41) is 2.85. The van der Waals surface area contributed by atoms with E-state index in [2.05, 4.69) is 10.3 Å². The Morgan fingerprint density at radius 2 is 1.92 bits per heavy atom. The van der Waals surface area contributed by atoms with E-state index in [1.165, 1.54) is 18.2 Å². The van der Waals surface area contributed by atoms with Crippen molar-refractivity contribution in [1.29, 1.82) is 0 Å². The van der Waals surface area contributed by atoms with Gasteiger partial charge in [0.05, 0.1) is 34.3 Å². The van der Waals surface area contributed by atoms with E-state index >= 15 is 0 Å². The van der Waals surface area contributed by atoms with Crippen LogP contribution >= 0.6 is 0 Å². The van der Waals surface area contributed by atoms with Gasteiger partial charge in [-0.05, 0) is 56.9 Å². The summed E-state index contributed by atoms with van der Waals surface area (Å²) < 4.78 is 68.4. The normalized spacial score (nSPS) is 18.1. The molecule has 8 nitrogen and oxygen atoms in total. The van der Waals surface area contributed by atoms with Gasteiger partial charge in [0, 0.05) is 17.9 Å². The monoisotopic (exact) mass is 525 g/mol. The highest BCUT2D eigenvalue weighted by Gasteiger charge is 2.46. The van der Waals surface area contributed by atoms with E-state index in [0.29, 0.717) is 24.1 Å². The number of carbonyl (C=O) groups is 2. The summed E-state index contributed by atoms with van der Waals surface area (Å²) >= 11 is 0. The highest BCUT2D eigenvalue weighted by atomic mass is 32.2. The Kier molecular flexibility index (Phi) is 6.52. The largest absolute Gasteiger partial charge is 0.472 e. The van der Waals surface area contributed by atoms with Crippen molar-refractivity contribution in [2.45, 2.75) is 50.5 Å². The maximum Gasteiger partial charge on any atom is 0.272 e. The van der Waals surface area contributed by atoms with Crippen LogP contribution in [0.2, 0.25) is 0 Å². The minimum Gasteiger partial charge on any atom is -0.472 e. The van der Waals surface area contributed by atoms with E-state index in [9.17, 15) is 31.2 Å². The van der Waals surface area contributed by atoms with Crippen LogP contribution in [0.5, 0.6) is 5.88 Å². The SMILES string of the molecule is CC1(C)C(=O)N(c2cc(OCC(F)F)ncc2F)c2ccc(C(=O)NC3(CS(C)(=O)=O)CCC3)cc21. The fourth-order valence-electron chi connectivity index (χ4n) is 4.65. The topological polar surface area (TPSA) is 106 Å². The molecule has 1 aromatic carbocycles. The molecular formula is C24H26F3N3O5S. The predicted molar refractivity (Wildman–Crippen MR) is 126 cm³/mol. The van der Waals surface area contributed by atoms with Crippen molar-refractivity contribution in [3.63, 3.8) is 0 Å². The summed E-state index contributed by atoms with van der Waals surface area (Å²) in [6.45, 7) is 2.31. The summed E-state index contributed by atoms with van der Waals surface area (Å²) in [6.07, 6.45) is 1.05. The number of hydrogen-bond donors (Lipinski definition) is 1. The summed E-state index contributed by atoms with van der Waals surface area (Å²) in [5.41, 5.74) is -1.18. The van der Waals surface area contributed by atoms with Crippen LogP contribution in [0, 0.1) is 5.82 Å². The number of nitrogens with zero attached hydrogens (tertiary/aromatic N) is 2. The molecule has 1 fully saturated rings. The number of pyridine rings is 1. The summed E-state index contributed by atoms with van der Waals surface area (Å²) in [7, 11) is -3.32. The number of ether oxygens (including phenoxy) is 1. The molecule has 0 atom stereocenters. The Labute approximate surface area is 206 Å². The number of halogens is 3. The van der Waals surface area contributed by atoms with Crippen molar-refractivity contribution < 1.29 is 35.9 Å². The number of aromatic nitrogens is 1. The molecule has 1 aliphatic carbocycles. The van der Waals surface area contributed by atoms with Crippen LogP contribution < -0.4 is 15.0 Å². The average molecular weight is 526 g/mol. The lowest BCUT2D eigenvalue weighted by Crippen LogP contribution is -2.57. The Bertz CT molecular complexity index is 1330. The molecule has 36 heavy (non-hydrogen) atoms. The van der Waals surface area contributed by atoms with Gasteiger partial charge in [0.2, 0.25) is 11.8 Å². The first-order valence-electron chi connectivity index (χ1n) is 11.3. The van der Waals surface area contributed by atoms with Gasteiger partial charge in [0.1, 0.15) is 9.84 Å². The van der Waals surface area contributed by atoms with Gasteiger partial charge in [-0.25, -0.2) is 26.6 Å². The van der Waals surface area contributed by atoms with Crippen molar-refractivity contribution in [2.75, 3.05) is 23.5 Å². The fraction of sp³-hybridized carbons (Fsp3) is 0.458. The third-order valence-corrected chi connectivity index (χ3v) is 7.62. The van der Waals surface area contributed by atoms with Gasteiger partial charge in [-0.2, -0.15) is 0 Å². The number of alkyl halides is 2. The molecule has 0 spiro atoms. The zero-order chi connectivity index (χ0) is 26.5. The van der Waals surface area contributed by atoms with Crippen molar-refractivity contribution in [2.24, 2.45) is 0 Å². The van der Waals surface area contributed by atoms with Crippen LogP contribution in [0.1, 0.15) is 49.0 Å². The van der Waals surface area contributed by atoms with Crippen molar-refractivity contribution in [3.8, 4) is 5.88 Å². The number of nitrogens with one attached hydrogen (secondary N) is 1. The van der Waals surface area contributed by atoms with Gasteiger partial charge in [-0.1, -0.05) is 0 Å². The predicted octanol–water partition coefficient (Wildman–Crippen LogP) is 3.52. The molecule has 1 saturated carbocycles. The Morgan fingerprint density at radius 1 is 1.22 bits per heavy atom. The van der Waals surface area contributed by atoms with E-state index in [-0.39, 0.29) is 22.9 Å². The van der Waals surface area contributed by atoms with E-state index in [4.69, 9.17) is 4.74 Å². The minimum absolute atomic E-state index is 0.161. The molecule has 2 amide bonds. The second-order valence-corrected chi connectivity index (χ2v) is 12.0. The summed E-state index contributed by atoms with van der Waals surface area (Å²) in [5.74, 6) is -2.25. The zero-order valence-corrected chi connectivity index (χ0v) is 20.8. The number of benzene rings is 1. The molecule has 0 saturated heterocycles. The third-order valence-electron chi connectivity index (χ3n) is 6.55. The highest BCUT2D eigenvalue weighted by molar-refractivity contribution is 7.90. The molecule has 1 N–H and O–H groups in total. The Morgan fingerprint density at radius 3 is 2.50 bits per heavy atom. The van der Waals surface area contributed by atoms with Crippen LogP contribution in [0.3, 0.4) is 0 Å². The number of amides is 2. The molecule has 2 aliphatic rings. The van der Waals surface area contributed by atoms with E-state index in [0.717, 1.165) is 29.8 Å². The Hall–Kier alpha value is -3.15. The van der Waals surface area contributed by atoms with Crippen molar-refractivity contribution in [1.82, 2.24) is 10.3 Å².